The molecule has 0 bridgehead atoms. The Morgan fingerprint density at radius 3 is 2.48 bits per heavy atom. The Hall–Kier alpha value is -5.55. The fourth-order valence-corrected chi connectivity index (χ4v) is 12.4. The Kier molecular flexibility index (Phi) is 9.51. The van der Waals surface area contributed by atoms with Crippen molar-refractivity contribution in [1.82, 2.24) is 15.1 Å². The number of phenolic OH excluding ortho intramolecular Hbond substituents is 1. The van der Waals surface area contributed by atoms with Crippen molar-refractivity contribution in [2.75, 3.05) is 62.8 Å². The molecule has 11 nitrogen and oxygen atoms in total. The molecule has 5 aliphatic heterocycles. The second-order valence-corrected chi connectivity index (χ2v) is 18.9. The summed E-state index contributed by atoms with van der Waals surface area (Å²) in [6, 6.07) is 27.3. The predicted octanol–water partition coefficient (Wildman–Crippen LogP) is 6.60. The minimum Gasteiger partial charge on any atom is -0.508 e. The highest BCUT2D eigenvalue weighted by atomic mass is 16.5. The van der Waals surface area contributed by atoms with Gasteiger partial charge in [0.2, 0.25) is 11.8 Å². The molecule has 3 amide bonds. The molecule has 4 fully saturated rings. The van der Waals surface area contributed by atoms with E-state index in [1.165, 1.54) is 53.6 Å². The minimum atomic E-state index is -0.620. The molecule has 11 rings (SSSR count). The lowest BCUT2D eigenvalue weighted by molar-refractivity contribution is -0.136. The first kappa shape index (κ1) is 38.4. The summed E-state index contributed by atoms with van der Waals surface area (Å²) < 4.78 is 12.5. The van der Waals surface area contributed by atoms with E-state index in [0.29, 0.717) is 42.2 Å². The molecule has 4 aromatic carbocycles. The molecule has 11 heteroatoms. The third-order valence-corrected chi connectivity index (χ3v) is 15.4. The van der Waals surface area contributed by atoms with E-state index in [2.05, 4.69) is 80.7 Å². The number of aromatic hydroxyl groups is 1. The van der Waals surface area contributed by atoms with Crippen LogP contribution in [-0.4, -0.2) is 97.7 Å². The van der Waals surface area contributed by atoms with Crippen molar-refractivity contribution in [3.05, 3.63) is 112 Å². The Morgan fingerprint density at radius 1 is 0.852 bits per heavy atom. The van der Waals surface area contributed by atoms with Gasteiger partial charge < -0.3 is 29.3 Å². The number of piperazine rings is 1. The van der Waals surface area contributed by atoms with E-state index in [4.69, 9.17) is 9.47 Å². The first-order valence-electron chi connectivity index (χ1n) is 22.5. The molecule has 316 valence electrons. The number of phenols is 1. The van der Waals surface area contributed by atoms with E-state index in [-0.39, 0.29) is 36.1 Å². The molecule has 3 saturated heterocycles. The van der Waals surface area contributed by atoms with Crippen molar-refractivity contribution in [2.24, 2.45) is 11.3 Å². The SMILES string of the molecule is COc1cc(N2CCC3(CC2)CC(CN2CCN4c5cc6c(cc5OCC4C2)C(=O)N([C@H]2CCC(=O)NC2=O)C6)C3)ccc1[C@@H]1c2ccc(O)cc2CC[C@@H]1c1ccccc1. The van der Waals surface area contributed by atoms with Crippen LogP contribution in [-0.2, 0) is 22.6 Å². The summed E-state index contributed by atoms with van der Waals surface area (Å²) >= 11 is 0. The normalized spacial score (nSPS) is 25.9. The summed E-state index contributed by atoms with van der Waals surface area (Å²) in [6.07, 6.45) is 7.61. The van der Waals surface area contributed by atoms with Crippen LogP contribution in [0.15, 0.2) is 78.9 Å². The topological polar surface area (TPSA) is 115 Å². The largest absolute Gasteiger partial charge is 0.508 e. The summed E-state index contributed by atoms with van der Waals surface area (Å²) in [5, 5.41) is 12.7. The number of carbonyl (C=O) groups is 3. The van der Waals surface area contributed by atoms with Crippen LogP contribution in [0, 0.1) is 11.3 Å². The van der Waals surface area contributed by atoms with E-state index in [9.17, 15) is 19.5 Å². The number of fused-ring (bicyclic) bond motifs is 5. The van der Waals surface area contributed by atoms with Gasteiger partial charge in [0.1, 0.15) is 29.9 Å². The number of piperidine rings is 2. The number of nitrogens with one attached hydrogen (secondary N) is 1. The monoisotopic (exact) mass is 821 g/mol. The van der Waals surface area contributed by atoms with Gasteiger partial charge in [-0.1, -0.05) is 42.5 Å². The summed E-state index contributed by atoms with van der Waals surface area (Å²) in [7, 11) is 1.80. The number of nitrogens with zero attached hydrogens (tertiary/aromatic N) is 4. The number of ether oxygens (including phenoxy) is 2. The van der Waals surface area contributed by atoms with Gasteiger partial charge in [-0.15, -0.1) is 0 Å². The van der Waals surface area contributed by atoms with Crippen molar-refractivity contribution < 1.29 is 29.0 Å². The van der Waals surface area contributed by atoms with Gasteiger partial charge in [0, 0.05) is 81.0 Å². The number of amides is 3. The van der Waals surface area contributed by atoms with Gasteiger partial charge in [0.05, 0.1) is 18.8 Å². The molecule has 7 aliphatic rings. The summed E-state index contributed by atoms with van der Waals surface area (Å²) in [5.41, 5.74) is 9.32. The standard InChI is InChI=1S/C50H55N5O6/c1-60-44-23-35(8-11-40(44)47-38(32-5-3-2-4-6-32)10-7-33-21-37(56)9-12-39(33)47)53-17-15-50(16-18-53)25-31(26-50)27-52-19-20-54-36(29-52)30-61-45-24-41-34(22-43(45)54)28-55(49(41)59)42-13-14-46(57)51-48(42)58/h2-6,8-9,11-12,21-24,31,36,38,42,47,56H,7,10,13-20,25-30H2,1H3,(H,51,57,58)/t36?,38-,42+,47+/m1/s1. The number of carbonyl (C=O) groups excluding carboxylic acids is 3. The molecular formula is C50H55N5O6. The quantitative estimate of drug-likeness (QED) is 0.199. The molecule has 0 aromatic heterocycles. The van der Waals surface area contributed by atoms with Crippen LogP contribution in [0.1, 0.15) is 95.0 Å². The first-order valence-corrected chi connectivity index (χ1v) is 22.5. The smallest absolute Gasteiger partial charge is 0.255 e. The molecule has 2 N–H and O–H groups in total. The van der Waals surface area contributed by atoms with Crippen molar-refractivity contribution in [3.8, 4) is 17.2 Å². The molecule has 2 aliphatic carbocycles. The summed E-state index contributed by atoms with van der Waals surface area (Å²) in [4.78, 5) is 47.0. The number of aryl methyl sites for hydroxylation is 1. The fraction of sp³-hybridized carbons (Fsp3) is 0.460. The molecule has 4 atom stereocenters. The second kappa shape index (κ2) is 15.1. The lowest BCUT2D eigenvalue weighted by Gasteiger charge is -2.54. The van der Waals surface area contributed by atoms with Gasteiger partial charge in [0.25, 0.3) is 5.91 Å². The molecule has 0 radical (unpaired) electrons. The molecule has 1 unspecified atom stereocenters. The third kappa shape index (κ3) is 6.80. The van der Waals surface area contributed by atoms with Gasteiger partial charge >= 0.3 is 0 Å². The van der Waals surface area contributed by atoms with Crippen LogP contribution >= 0.6 is 0 Å². The zero-order valence-electron chi connectivity index (χ0n) is 35.0. The van der Waals surface area contributed by atoms with Crippen molar-refractivity contribution in [1.29, 1.82) is 0 Å². The van der Waals surface area contributed by atoms with E-state index in [0.717, 1.165) is 80.8 Å². The van der Waals surface area contributed by atoms with Gasteiger partial charge in [-0.05, 0) is 115 Å². The van der Waals surface area contributed by atoms with Gasteiger partial charge in [-0.3, -0.25) is 24.6 Å². The predicted molar refractivity (Wildman–Crippen MR) is 233 cm³/mol. The lowest BCUT2D eigenvalue weighted by atomic mass is 9.57. The molecule has 1 saturated carbocycles. The van der Waals surface area contributed by atoms with E-state index >= 15 is 0 Å². The lowest BCUT2D eigenvalue weighted by Crippen LogP contribution is -2.59. The molecule has 61 heavy (non-hydrogen) atoms. The van der Waals surface area contributed by atoms with Crippen LogP contribution in [0.2, 0.25) is 0 Å². The van der Waals surface area contributed by atoms with E-state index in [1.54, 1.807) is 12.0 Å². The highest BCUT2D eigenvalue weighted by molar-refractivity contribution is 6.06. The third-order valence-electron chi connectivity index (χ3n) is 15.4. The highest BCUT2D eigenvalue weighted by Gasteiger charge is 2.47. The summed E-state index contributed by atoms with van der Waals surface area (Å²) in [5.74, 6) is 2.38. The Labute approximate surface area is 357 Å². The first-order chi connectivity index (χ1) is 29.7. The highest BCUT2D eigenvalue weighted by Crippen LogP contribution is 2.54. The van der Waals surface area contributed by atoms with E-state index in [1.807, 2.05) is 18.2 Å². The number of benzene rings is 4. The summed E-state index contributed by atoms with van der Waals surface area (Å²) in [6.45, 7) is 7.11. The number of rotatable bonds is 7. The Morgan fingerprint density at radius 2 is 1.67 bits per heavy atom. The van der Waals surface area contributed by atoms with Gasteiger partial charge in [0.15, 0.2) is 0 Å². The number of imide groups is 1. The number of anilines is 2. The van der Waals surface area contributed by atoms with Crippen molar-refractivity contribution >= 4 is 29.1 Å². The van der Waals surface area contributed by atoms with Crippen LogP contribution in [0.5, 0.6) is 17.2 Å². The minimum absolute atomic E-state index is 0.143. The second-order valence-electron chi connectivity index (χ2n) is 18.9. The van der Waals surface area contributed by atoms with Gasteiger partial charge in [-0.25, -0.2) is 0 Å². The maximum atomic E-state index is 13.4. The van der Waals surface area contributed by atoms with Crippen molar-refractivity contribution in [2.45, 2.75) is 81.8 Å². The van der Waals surface area contributed by atoms with Crippen LogP contribution in [0.3, 0.4) is 0 Å². The molecule has 4 aromatic rings. The average molecular weight is 822 g/mol. The Balaban J connectivity index is 0.705. The molecule has 5 heterocycles. The molecular weight excluding hydrogens is 767 g/mol. The van der Waals surface area contributed by atoms with Crippen LogP contribution < -0.4 is 24.6 Å². The van der Waals surface area contributed by atoms with E-state index < -0.39 is 6.04 Å². The maximum absolute atomic E-state index is 13.4. The maximum Gasteiger partial charge on any atom is 0.255 e. The number of methoxy groups -OCH3 is 1. The zero-order chi connectivity index (χ0) is 41.4. The fourth-order valence-electron chi connectivity index (χ4n) is 12.4. The van der Waals surface area contributed by atoms with Gasteiger partial charge in [-0.2, -0.15) is 0 Å². The average Bonchev–Trinajstić information content (AvgIpc) is 3.58. The van der Waals surface area contributed by atoms with Crippen LogP contribution in [0.4, 0.5) is 11.4 Å². The molecule has 1 spiro atoms. The number of hydrogen-bond donors (Lipinski definition) is 2. The van der Waals surface area contributed by atoms with Crippen molar-refractivity contribution in [3.63, 3.8) is 0 Å². The zero-order valence-corrected chi connectivity index (χ0v) is 35.0. The van der Waals surface area contributed by atoms with Crippen LogP contribution in [0.25, 0.3) is 0 Å². The Bertz CT molecular complexity index is 2390. The number of hydrogen-bond acceptors (Lipinski definition) is 9.